The van der Waals surface area contributed by atoms with Gasteiger partial charge in [-0.3, -0.25) is 4.79 Å². The van der Waals surface area contributed by atoms with E-state index in [1.807, 2.05) is 4.90 Å². The summed E-state index contributed by atoms with van der Waals surface area (Å²) >= 11 is 0. The first kappa shape index (κ1) is 14.7. The number of hydrogen-bond acceptors (Lipinski definition) is 3. The van der Waals surface area contributed by atoms with Gasteiger partial charge >= 0.3 is 0 Å². The Kier molecular flexibility index (Phi) is 6.89. The van der Waals surface area contributed by atoms with Crippen LogP contribution in [-0.2, 0) is 9.53 Å². The summed E-state index contributed by atoms with van der Waals surface area (Å²) in [4.78, 5) is 13.5. The van der Waals surface area contributed by atoms with E-state index in [9.17, 15) is 4.79 Å². The lowest BCUT2D eigenvalue weighted by Gasteiger charge is -2.35. The number of nitrogens with two attached hydrogens (primary N) is 1. The van der Waals surface area contributed by atoms with Crippen LogP contribution in [0.1, 0.15) is 19.8 Å². The average Bonchev–Trinajstić information content (AvgIpc) is 2.18. The number of piperidine rings is 1. The summed E-state index contributed by atoms with van der Waals surface area (Å²) in [5.74, 6) is 0.598. The molecule has 0 radical (unpaired) electrons. The van der Waals surface area contributed by atoms with Crippen molar-refractivity contribution in [1.29, 1.82) is 0 Å². The first-order chi connectivity index (χ1) is 6.65. The summed E-state index contributed by atoms with van der Waals surface area (Å²) in [6.07, 6.45) is 1.40. The van der Waals surface area contributed by atoms with Gasteiger partial charge in [0.2, 0.25) is 5.91 Å². The van der Waals surface area contributed by atoms with Crippen molar-refractivity contribution in [3.05, 3.63) is 0 Å². The number of hydrogen-bond donors (Lipinski definition) is 1. The maximum absolute atomic E-state index is 11.6. The van der Waals surface area contributed by atoms with Crippen molar-refractivity contribution in [3.8, 4) is 0 Å². The Morgan fingerprint density at radius 2 is 2.27 bits per heavy atom. The predicted octanol–water partition coefficient (Wildman–Crippen LogP) is 0.640. The van der Waals surface area contributed by atoms with Gasteiger partial charge in [0.25, 0.3) is 0 Å². The topological polar surface area (TPSA) is 55.6 Å². The SMILES string of the molecule is COCCC(=O)N1CCC(N)C(C)C1.Cl. The van der Waals surface area contributed by atoms with Crippen molar-refractivity contribution in [2.24, 2.45) is 11.7 Å². The van der Waals surface area contributed by atoms with E-state index in [2.05, 4.69) is 6.92 Å². The van der Waals surface area contributed by atoms with Crippen LogP contribution in [0.3, 0.4) is 0 Å². The van der Waals surface area contributed by atoms with Crippen molar-refractivity contribution < 1.29 is 9.53 Å². The molecule has 2 atom stereocenters. The molecule has 1 aliphatic heterocycles. The van der Waals surface area contributed by atoms with Crippen molar-refractivity contribution in [2.75, 3.05) is 26.8 Å². The van der Waals surface area contributed by atoms with Gasteiger partial charge < -0.3 is 15.4 Å². The summed E-state index contributed by atoms with van der Waals surface area (Å²) in [5, 5.41) is 0. The number of ether oxygens (including phenoxy) is 1. The predicted molar refractivity (Wildman–Crippen MR) is 62.1 cm³/mol. The van der Waals surface area contributed by atoms with Crippen LogP contribution in [0.15, 0.2) is 0 Å². The normalized spacial score (nSPS) is 25.9. The van der Waals surface area contributed by atoms with Gasteiger partial charge in [-0.25, -0.2) is 0 Å². The van der Waals surface area contributed by atoms with Crippen molar-refractivity contribution >= 4 is 18.3 Å². The quantitative estimate of drug-likeness (QED) is 0.783. The molecule has 0 bridgehead atoms. The van der Waals surface area contributed by atoms with Crippen LogP contribution in [0.5, 0.6) is 0 Å². The van der Waals surface area contributed by atoms with Crippen molar-refractivity contribution in [2.45, 2.75) is 25.8 Å². The van der Waals surface area contributed by atoms with Gasteiger partial charge in [-0.05, 0) is 12.3 Å². The number of rotatable bonds is 3. The lowest BCUT2D eigenvalue weighted by Crippen LogP contribution is -2.48. The minimum Gasteiger partial charge on any atom is -0.384 e. The first-order valence-electron chi connectivity index (χ1n) is 5.17. The Morgan fingerprint density at radius 1 is 1.60 bits per heavy atom. The summed E-state index contributed by atoms with van der Waals surface area (Å²) in [6, 6.07) is 0.251. The highest BCUT2D eigenvalue weighted by molar-refractivity contribution is 5.85. The van der Waals surface area contributed by atoms with Crippen LogP contribution >= 0.6 is 12.4 Å². The highest BCUT2D eigenvalue weighted by atomic mass is 35.5. The van der Waals surface area contributed by atoms with Crippen LogP contribution in [0, 0.1) is 5.92 Å². The largest absolute Gasteiger partial charge is 0.384 e. The minimum atomic E-state index is 0. The first-order valence-corrected chi connectivity index (χ1v) is 5.17. The van der Waals surface area contributed by atoms with Gasteiger partial charge in [-0.1, -0.05) is 6.92 Å². The molecule has 1 fully saturated rings. The molecule has 1 heterocycles. The Hall–Kier alpha value is -0.320. The third kappa shape index (κ3) is 4.36. The monoisotopic (exact) mass is 236 g/mol. The molecule has 0 aromatic heterocycles. The van der Waals surface area contributed by atoms with E-state index in [-0.39, 0.29) is 24.4 Å². The van der Waals surface area contributed by atoms with Crippen molar-refractivity contribution in [3.63, 3.8) is 0 Å². The van der Waals surface area contributed by atoms with E-state index >= 15 is 0 Å². The number of carbonyl (C=O) groups excluding carboxylic acids is 1. The van der Waals surface area contributed by atoms with E-state index in [1.165, 1.54) is 0 Å². The molecule has 90 valence electrons. The number of halogens is 1. The standard InChI is InChI=1S/C10H20N2O2.ClH/c1-8-7-12(5-3-9(8)11)10(13)4-6-14-2;/h8-9H,3-7,11H2,1-2H3;1H. The Labute approximate surface area is 97.5 Å². The summed E-state index contributed by atoms with van der Waals surface area (Å²) in [6.45, 7) is 4.20. The van der Waals surface area contributed by atoms with Crippen molar-refractivity contribution in [1.82, 2.24) is 4.90 Å². The highest BCUT2D eigenvalue weighted by Crippen LogP contribution is 2.15. The molecule has 4 nitrogen and oxygen atoms in total. The number of likely N-dealkylation sites (tertiary alicyclic amines) is 1. The second-order valence-corrected chi connectivity index (χ2v) is 4.01. The summed E-state index contributed by atoms with van der Waals surface area (Å²) in [5.41, 5.74) is 5.88. The number of carbonyl (C=O) groups is 1. The molecule has 0 spiro atoms. The van der Waals surface area contributed by atoms with Crippen LogP contribution in [0.25, 0.3) is 0 Å². The second kappa shape index (κ2) is 7.04. The van der Waals surface area contributed by atoms with Gasteiger partial charge in [-0.15, -0.1) is 12.4 Å². The van der Waals surface area contributed by atoms with Gasteiger partial charge in [0.05, 0.1) is 13.0 Å². The van der Waals surface area contributed by atoms with E-state index in [0.29, 0.717) is 18.9 Å². The smallest absolute Gasteiger partial charge is 0.224 e. The Bertz CT molecular complexity index is 202. The molecule has 1 amide bonds. The molecule has 2 N–H and O–H groups in total. The third-order valence-electron chi connectivity index (χ3n) is 2.84. The summed E-state index contributed by atoms with van der Waals surface area (Å²) in [7, 11) is 1.61. The fourth-order valence-electron chi connectivity index (χ4n) is 1.74. The van der Waals surface area contributed by atoms with Gasteiger partial charge in [0.15, 0.2) is 0 Å². The Balaban J connectivity index is 0.00000196. The minimum absolute atomic E-state index is 0. The Morgan fingerprint density at radius 3 is 2.80 bits per heavy atom. The number of methoxy groups -OCH3 is 1. The molecule has 0 saturated carbocycles. The molecule has 5 heteroatoms. The van der Waals surface area contributed by atoms with Gasteiger partial charge in [0.1, 0.15) is 0 Å². The zero-order valence-electron chi connectivity index (χ0n) is 9.44. The van der Waals surface area contributed by atoms with Crippen LogP contribution in [-0.4, -0.2) is 43.7 Å². The number of nitrogens with zero attached hydrogens (tertiary/aromatic N) is 1. The second-order valence-electron chi connectivity index (χ2n) is 4.01. The average molecular weight is 237 g/mol. The third-order valence-corrected chi connectivity index (χ3v) is 2.84. The fourth-order valence-corrected chi connectivity index (χ4v) is 1.74. The maximum Gasteiger partial charge on any atom is 0.224 e. The van der Waals surface area contributed by atoms with Crippen LogP contribution < -0.4 is 5.73 Å². The highest BCUT2D eigenvalue weighted by Gasteiger charge is 2.25. The molecule has 2 unspecified atom stereocenters. The molecular formula is C10H21ClN2O2. The molecule has 1 rings (SSSR count). The van der Waals surface area contributed by atoms with Crippen LogP contribution in [0.4, 0.5) is 0 Å². The zero-order chi connectivity index (χ0) is 10.6. The molecule has 0 aromatic rings. The molecule has 15 heavy (non-hydrogen) atoms. The number of amides is 1. The molecule has 0 aromatic carbocycles. The zero-order valence-corrected chi connectivity index (χ0v) is 10.3. The lowest BCUT2D eigenvalue weighted by molar-refractivity contribution is -0.134. The maximum atomic E-state index is 11.6. The fraction of sp³-hybridized carbons (Fsp3) is 0.900. The van der Waals surface area contributed by atoms with Gasteiger partial charge in [-0.2, -0.15) is 0 Å². The molecule has 0 aliphatic carbocycles. The van der Waals surface area contributed by atoms with E-state index in [1.54, 1.807) is 7.11 Å². The van der Waals surface area contributed by atoms with Crippen LogP contribution in [0.2, 0.25) is 0 Å². The van der Waals surface area contributed by atoms with Gasteiger partial charge in [0, 0.05) is 26.2 Å². The molecule has 1 saturated heterocycles. The summed E-state index contributed by atoms with van der Waals surface area (Å²) < 4.78 is 4.88. The molecular weight excluding hydrogens is 216 g/mol. The molecule has 1 aliphatic rings. The lowest BCUT2D eigenvalue weighted by atomic mass is 9.95. The van der Waals surface area contributed by atoms with E-state index in [0.717, 1.165) is 19.5 Å². The van der Waals surface area contributed by atoms with E-state index in [4.69, 9.17) is 10.5 Å². The van der Waals surface area contributed by atoms with E-state index < -0.39 is 0 Å².